The number of halogens is 2. The van der Waals surface area contributed by atoms with Crippen LogP contribution in [-0.4, -0.2) is 28.7 Å². The van der Waals surface area contributed by atoms with E-state index in [1.165, 1.54) is 0 Å². The predicted molar refractivity (Wildman–Crippen MR) is 68.2 cm³/mol. The van der Waals surface area contributed by atoms with Crippen LogP contribution >= 0.6 is 11.6 Å². The summed E-state index contributed by atoms with van der Waals surface area (Å²) in [6, 6.07) is 0.120. The largest absolute Gasteiger partial charge is 0.378 e. The Bertz CT molecular complexity index is 441. The molecule has 0 amide bonds. The summed E-state index contributed by atoms with van der Waals surface area (Å²) in [5.74, 6) is -0.335. The molecule has 1 N–H and O–H groups in total. The summed E-state index contributed by atoms with van der Waals surface area (Å²) in [6.07, 6.45) is 2.10. The third-order valence-corrected chi connectivity index (χ3v) is 3.75. The smallest absolute Gasteiger partial charge is 0.224 e. The third kappa shape index (κ3) is 2.42. The molecule has 1 aromatic rings. The van der Waals surface area contributed by atoms with Crippen LogP contribution in [0.1, 0.15) is 27.2 Å². The Morgan fingerprint density at radius 3 is 2.94 bits per heavy atom. The molecule has 18 heavy (non-hydrogen) atoms. The van der Waals surface area contributed by atoms with Crippen LogP contribution in [0.15, 0.2) is 6.20 Å². The van der Waals surface area contributed by atoms with Gasteiger partial charge in [0.25, 0.3) is 0 Å². The second kappa shape index (κ2) is 4.97. The highest BCUT2D eigenvalue weighted by molar-refractivity contribution is 6.28. The van der Waals surface area contributed by atoms with E-state index in [4.69, 9.17) is 16.3 Å². The van der Waals surface area contributed by atoms with Gasteiger partial charge in [0, 0.05) is 18.1 Å². The number of ether oxygens (including phenoxy) is 1. The quantitative estimate of drug-likeness (QED) is 0.857. The molecular formula is C12H17ClFN3O. The van der Waals surface area contributed by atoms with Gasteiger partial charge in [-0.1, -0.05) is 13.8 Å². The molecule has 6 heteroatoms. The summed E-state index contributed by atoms with van der Waals surface area (Å²) < 4.78 is 19.1. The lowest BCUT2D eigenvalue weighted by Crippen LogP contribution is -2.58. The summed E-state index contributed by atoms with van der Waals surface area (Å²) >= 11 is 5.66. The molecular weight excluding hydrogens is 257 g/mol. The van der Waals surface area contributed by atoms with Crippen molar-refractivity contribution in [2.45, 2.75) is 39.3 Å². The molecule has 0 aliphatic heterocycles. The van der Waals surface area contributed by atoms with Crippen LogP contribution in [0, 0.1) is 11.2 Å². The maximum atomic E-state index is 13.5. The molecule has 2 rings (SSSR count). The van der Waals surface area contributed by atoms with Gasteiger partial charge in [-0.05, 0) is 24.9 Å². The normalized spacial score (nSPS) is 25.6. The highest BCUT2D eigenvalue weighted by atomic mass is 35.5. The zero-order chi connectivity index (χ0) is 13.3. The first kappa shape index (κ1) is 13.5. The fraction of sp³-hybridized carbons (Fsp3) is 0.667. The molecule has 100 valence electrons. The number of hydrogen-bond donors (Lipinski definition) is 1. The molecule has 0 aromatic carbocycles. The Balaban J connectivity index is 2.05. The maximum Gasteiger partial charge on any atom is 0.224 e. The van der Waals surface area contributed by atoms with Crippen molar-refractivity contribution in [3.05, 3.63) is 17.3 Å². The number of nitrogens with zero attached hydrogens (tertiary/aromatic N) is 2. The van der Waals surface area contributed by atoms with Crippen molar-refractivity contribution in [3.8, 4) is 0 Å². The first-order valence-corrected chi connectivity index (χ1v) is 6.39. The van der Waals surface area contributed by atoms with E-state index in [9.17, 15) is 4.39 Å². The van der Waals surface area contributed by atoms with E-state index < -0.39 is 5.82 Å². The lowest BCUT2D eigenvalue weighted by molar-refractivity contribution is -0.0977. The van der Waals surface area contributed by atoms with Crippen LogP contribution in [0.2, 0.25) is 5.28 Å². The van der Waals surface area contributed by atoms with E-state index in [2.05, 4.69) is 29.1 Å². The van der Waals surface area contributed by atoms with Gasteiger partial charge in [0.15, 0.2) is 11.6 Å². The van der Waals surface area contributed by atoms with Crippen LogP contribution in [0.4, 0.5) is 10.2 Å². The van der Waals surface area contributed by atoms with Crippen LogP contribution in [-0.2, 0) is 4.74 Å². The van der Waals surface area contributed by atoms with Gasteiger partial charge in [-0.25, -0.2) is 9.37 Å². The number of hydrogen-bond acceptors (Lipinski definition) is 4. The highest BCUT2D eigenvalue weighted by Crippen LogP contribution is 2.44. The van der Waals surface area contributed by atoms with Gasteiger partial charge < -0.3 is 10.1 Å². The molecule has 1 aliphatic carbocycles. The SMILES string of the molecule is CCOC1CC(Nc2nc(Cl)ncc2F)C1(C)C. The minimum atomic E-state index is -0.491. The van der Waals surface area contributed by atoms with Crippen molar-refractivity contribution in [2.75, 3.05) is 11.9 Å². The first-order chi connectivity index (χ1) is 8.45. The average molecular weight is 274 g/mol. The van der Waals surface area contributed by atoms with Crippen molar-refractivity contribution >= 4 is 17.4 Å². The Kier molecular flexibility index (Phi) is 3.73. The minimum absolute atomic E-state index is 0.0392. The Hall–Kier alpha value is -0.940. The topological polar surface area (TPSA) is 47.0 Å². The van der Waals surface area contributed by atoms with E-state index in [0.29, 0.717) is 6.61 Å². The van der Waals surface area contributed by atoms with Crippen LogP contribution in [0.5, 0.6) is 0 Å². The Morgan fingerprint density at radius 1 is 1.61 bits per heavy atom. The Morgan fingerprint density at radius 2 is 2.33 bits per heavy atom. The van der Waals surface area contributed by atoms with E-state index in [1.54, 1.807) is 0 Å². The summed E-state index contributed by atoms with van der Waals surface area (Å²) in [5, 5.41) is 3.11. The molecule has 1 aliphatic rings. The molecule has 2 unspecified atom stereocenters. The standard InChI is InChI=1S/C12H17ClFN3O/c1-4-18-9-5-8(12(9,2)3)16-10-7(14)6-15-11(13)17-10/h6,8-9H,4-5H2,1-3H3,(H,15,16,17). The summed E-state index contributed by atoms with van der Waals surface area (Å²) in [4.78, 5) is 7.44. The second-order valence-corrected chi connectivity index (χ2v) is 5.37. The molecule has 0 saturated heterocycles. The molecule has 0 radical (unpaired) electrons. The van der Waals surface area contributed by atoms with Gasteiger partial charge in [0.2, 0.25) is 5.28 Å². The van der Waals surface area contributed by atoms with E-state index in [1.807, 2.05) is 6.92 Å². The van der Waals surface area contributed by atoms with E-state index >= 15 is 0 Å². The zero-order valence-corrected chi connectivity index (χ0v) is 11.5. The van der Waals surface area contributed by atoms with Crippen LogP contribution < -0.4 is 5.32 Å². The Labute approximate surface area is 111 Å². The zero-order valence-electron chi connectivity index (χ0n) is 10.7. The van der Waals surface area contributed by atoms with Crippen molar-refractivity contribution in [2.24, 2.45) is 5.41 Å². The lowest BCUT2D eigenvalue weighted by Gasteiger charge is -2.51. The summed E-state index contributed by atoms with van der Waals surface area (Å²) in [5.41, 5.74) is -0.0557. The number of rotatable bonds is 4. The fourth-order valence-corrected chi connectivity index (χ4v) is 2.36. The molecule has 0 spiro atoms. The molecule has 2 atom stereocenters. The molecule has 1 aromatic heterocycles. The predicted octanol–water partition coefficient (Wildman–Crippen LogP) is 2.88. The molecule has 4 nitrogen and oxygen atoms in total. The molecule has 0 bridgehead atoms. The van der Waals surface area contributed by atoms with Crippen LogP contribution in [0.25, 0.3) is 0 Å². The van der Waals surface area contributed by atoms with Gasteiger partial charge in [-0.2, -0.15) is 4.98 Å². The lowest BCUT2D eigenvalue weighted by atomic mass is 9.64. The number of aromatic nitrogens is 2. The monoisotopic (exact) mass is 273 g/mol. The van der Waals surface area contributed by atoms with E-state index in [-0.39, 0.29) is 28.7 Å². The van der Waals surface area contributed by atoms with Crippen molar-refractivity contribution in [1.29, 1.82) is 0 Å². The van der Waals surface area contributed by atoms with Crippen LogP contribution in [0.3, 0.4) is 0 Å². The summed E-state index contributed by atoms with van der Waals surface area (Å²) in [7, 11) is 0. The third-order valence-electron chi connectivity index (χ3n) is 3.57. The minimum Gasteiger partial charge on any atom is -0.378 e. The van der Waals surface area contributed by atoms with Crippen molar-refractivity contribution in [1.82, 2.24) is 9.97 Å². The summed E-state index contributed by atoms with van der Waals surface area (Å²) in [6.45, 7) is 6.85. The second-order valence-electron chi connectivity index (χ2n) is 5.03. The van der Waals surface area contributed by atoms with Gasteiger partial charge in [0.1, 0.15) is 0 Å². The maximum absolute atomic E-state index is 13.5. The first-order valence-electron chi connectivity index (χ1n) is 6.01. The van der Waals surface area contributed by atoms with E-state index in [0.717, 1.165) is 12.6 Å². The van der Waals surface area contributed by atoms with Gasteiger partial charge in [-0.3, -0.25) is 0 Å². The number of anilines is 1. The van der Waals surface area contributed by atoms with Gasteiger partial charge >= 0.3 is 0 Å². The number of nitrogens with one attached hydrogen (secondary N) is 1. The fourth-order valence-electron chi connectivity index (χ4n) is 2.23. The van der Waals surface area contributed by atoms with Crippen molar-refractivity contribution in [3.63, 3.8) is 0 Å². The average Bonchev–Trinajstić information content (AvgIpc) is 2.32. The molecule has 1 heterocycles. The molecule has 1 fully saturated rings. The molecule has 1 saturated carbocycles. The highest BCUT2D eigenvalue weighted by Gasteiger charge is 2.49. The van der Waals surface area contributed by atoms with Gasteiger partial charge in [0.05, 0.1) is 12.3 Å². The van der Waals surface area contributed by atoms with Gasteiger partial charge in [-0.15, -0.1) is 0 Å². The van der Waals surface area contributed by atoms with Crippen molar-refractivity contribution < 1.29 is 9.13 Å².